The molecule has 0 saturated heterocycles. The summed E-state index contributed by atoms with van der Waals surface area (Å²) in [6, 6.07) is 0.564. The van der Waals surface area contributed by atoms with E-state index >= 15 is 0 Å². The van der Waals surface area contributed by atoms with Gasteiger partial charge in [0.25, 0.3) is 0 Å². The summed E-state index contributed by atoms with van der Waals surface area (Å²) in [4.78, 5) is 0. The molecular formula is C11H23NO2. The normalized spacial score (nSPS) is 32.6. The van der Waals surface area contributed by atoms with E-state index in [1.165, 1.54) is 6.42 Å². The maximum absolute atomic E-state index is 9.77. The second-order valence-corrected chi connectivity index (χ2v) is 4.35. The Morgan fingerprint density at radius 1 is 1.29 bits per heavy atom. The van der Waals surface area contributed by atoms with E-state index in [1.807, 2.05) is 6.92 Å². The van der Waals surface area contributed by atoms with Crippen molar-refractivity contribution >= 4 is 0 Å². The lowest BCUT2D eigenvalue weighted by atomic mass is 9.92. The van der Waals surface area contributed by atoms with Gasteiger partial charge in [0, 0.05) is 19.2 Å². The van der Waals surface area contributed by atoms with Crippen molar-refractivity contribution in [3.05, 3.63) is 0 Å². The lowest BCUT2D eigenvalue weighted by Crippen LogP contribution is -2.49. The van der Waals surface area contributed by atoms with Gasteiger partial charge in [-0.3, -0.25) is 0 Å². The van der Waals surface area contributed by atoms with E-state index < -0.39 is 0 Å². The average molecular weight is 201 g/mol. The lowest BCUT2D eigenvalue weighted by molar-refractivity contribution is 0.0501. The monoisotopic (exact) mass is 201 g/mol. The summed E-state index contributed by atoms with van der Waals surface area (Å²) in [5.74, 6) is 0. The molecule has 1 fully saturated rings. The van der Waals surface area contributed by atoms with E-state index in [1.54, 1.807) is 7.11 Å². The molecule has 0 aromatic carbocycles. The maximum atomic E-state index is 9.77. The number of aliphatic hydroxyl groups is 1. The summed E-state index contributed by atoms with van der Waals surface area (Å²) in [6.45, 7) is 4.16. The molecule has 1 aliphatic rings. The van der Waals surface area contributed by atoms with E-state index in [4.69, 9.17) is 4.74 Å². The molecule has 0 spiro atoms. The van der Waals surface area contributed by atoms with E-state index in [9.17, 15) is 5.11 Å². The zero-order chi connectivity index (χ0) is 10.6. The van der Waals surface area contributed by atoms with E-state index in [-0.39, 0.29) is 18.2 Å². The molecule has 14 heavy (non-hydrogen) atoms. The van der Waals surface area contributed by atoms with Crippen molar-refractivity contribution < 1.29 is 9.84 Å². The molecule has 3 heteroatoms. The van der Waals surface area contributed by atoms with Crippen LogP contribution in [0, 0.1) is 0 Å². The lowest BCUT2D eigenvalue weighted by Gasteiger charge is -2.32. The van der Waals surface area contributed by atoms with E-state index in [2.05, 4.69) is 12.2 Å². The molecule has 3 nitrogen and oxygen atoms in total. The van der Waals surface area contributed by atoms with Crippen LogP contribution >= 0.6 is 0 Å². The SMILES string of the molecule is COC(C)C(C)NC1CCCCC1O. The molecule has 1 aliphatic carbocycles. The van der Waals surface area contributed by atoms with Crippen LogP contribution in [-0.4, -0.2) is 36.5 Å². The Morgan fingerprint density at radius 2 is 1.93 bits per heavy atom. The molecule has 0 aromatic heterocycles. The highest BCUT2D eigenvalue weighted by molar-refractivity contribution is 4.83. The summed E-state index contributed by atoms with van der Waals surface area (Å²) in [6.07, 6.45) is 4.43. The minimum absolute atomic E-state index is 0.171. The summed E-state index contributed by atoms with van der Waals surface area (Å²) in [5.41, 5.74) is 0. The summed E-state index contributed by atoms with van der Waals surface area (Å²) in [5, 5.41) is 13.2. The standard InChI is InChI=1S/C11H23NO2/c1-8(9(2)14-3)12-10-6-4-5-7-11(10)13/h8-13H,4-7H2,1-3H3. The summed E-state index contributed by atoms with van der Waals surface area (Å²) < 4.78 is 5.24. The largest absolute Gasteiger partial charge is 0.392 e. The molecule has 84 valence electrons. The van der Waals surface area contributed by atoms with Gasteiger partial charge in [0.05, 0.1) is 12.2 Å². The third-order valence-electron chi connectivity index (χ3n) is 3.28. The first kappa shape index (κ1) is 12.0. The van der Waals surface area contributed by atoms with Crippen LogP contribution in [-0.2, 0) is 4.74 Å². The van der Waals surface area contributed by atoms with Gasteiger partial charge in [0.2, 0.25) is 0 Å². The number of nitrogens with one attached hydrogen (secondary N) is 1. The topological polar surface area (TPSA) is 41.5 Å². The van der Waals surface area contributed by atoms with Crippen LogP contribution < -0.4 is 5.32 Å². The molecule has 0 bridgehead atoms. The molecule has 1 rings (SSSR count). The van der Waals surface area contributed by atoms with Gasteiger partial charge in [-0.1, -0.05) is 12.8 Å². The van der Waals surface area contributed by atoms with Crippen molar-refractivity contribution in [2.45, 2.75) is 63.8 Å². The predicted octanol–water partition coefficient (Wildman–Crippen LogP) is 1.30. The van der Waals surface area contributed by atoms with Crippen molar-refractivity contribution in [1.82, 2.24) is 5.32 Å². The summed E-state index contributed by atoms with van der Waals surface area (Å²) >= 11 is 0. The van der Waals surface area contributed by atoms with Crippen LogP contribution in [0.4, 0.5) is 0 Å². The van der Waals surface area contributed by atoms with Crippen molar-refractivity contribution in [1.29, 1.82) is 0 Å². The molecule has 0 radical (unpaired) electrons. The van der Waals surface area contributed by atoms with Gasteiger partial charge >= 0.3 is 0 Å². The van der Waals surface area contributed by atoms with Crippen LogP contribution in [0.25, 0.3) is 0 Å². The van der Waals surface area contributed by atoms with Gasteiger partial charge in [-0.25, -0.2) is 0 Å². The van der Waals surface area contributed by atoms with Gasteiger partial charge in [-0.2, -0.15) is 0 Å². The van der Waals surface area contributed by atoms with Crippen molar-refractivity contribution in [3.63, 3.8) is 0 Å². The molecule has 0 aliphatic heterocycles. The van der Waals surface area contributed by atoms with Crippen LogP contribution in [0.5, 0.6) is 0 Å². The van der Waals surface area contributed by atoms with Gasteiger partial charge in [0.1, 0.15) is 0 Å². The number of hydrogen-bond donors (Lipinski definition) is 2. The smallest absolute Gasteiger partial charge is 0.0693 e. The fourth-order valence-electron chi connectivity index (χ4n) is 1.98. The first-order chi connectivity index (χ1) is 6.65. The highest BCUT2D eigenvalue weighted by atomic mass is 16.5. The van der Waals surface area contributed by atoms with Crippen LogP contribution in [0.3, 0.4) is 0 Å². The Hall–Kier alpha value is -0.120. The van der Waals surface area contributed by atoms with Gasteiger partial charge in [-0.05, 0) is 26.7 Å². The van der Waals surface area contributed by atoms with Gasteiger partial charge in [-0.15, -0.1) is 0 Å². The fraction of sp³-hybridized carbons (Fsp3) is 1.00. The quantitative estimate of drug-likeness (QED) is 0.720. The number of ether oxygens (including phenoxy) is 1. The maximum Gasteiger partial charge on any atom is 0.0693 e. The van der Waals surface area contributed by atoms with Crippen molar-refractivity contribution in [2.24, 2.45) is 0 Å². The number of rotatable bonds is 4. The number of aliphatic hydroxyl groups excluding tert-OH is 1. The molecular weight excluding hydrogens is 178 g/mol. The molecule has 4 atom stereocenters. The third-order valence-corrected chi connectivity index (χ3v) is 3.28. The fourth-order valence-corrected chi connectivity index (χ4v) is 1.98. The zero-order valence-corrected chi connectivity index (χ0v) is 9.49. The van der Waals surface area contributed by atoms with Crippen molar-refractivity contribution in [3.8, 4) is 0 Å². The van der Waals surface area contributed by atoms with Crippen LogP contribution in [0.2, 0.25) is 0 Å². The molecule has 0 heterocycles. The second kappa shape index (κ2) is 5.69. The first-order valence-corrected chi connectivity index (χ1v) is 5.62. The minimum atomic E-state index is -0.171. The molecule has 0 aromatic rings. The zero-order valence-electron chi connectivity index (χ0n) is 9.49. The van der Waals surface area contributed by atoms with Gasteiger partial charge < -0.3 is 15.2 Å². The molecule has 2 N–H and O–H groups in total. The van der Waals surface area contributed by atoms with Crippen LogP contribution in [0.15, 0.2) is 0 Å². The van der Waals surface area contributed by atoms with Gasteiger partial charge in [0.15, 0.2) is 0 Å². The highest BCUT2D eigenvalue weighted by Crippen LogP contribution is 2.19. The predicted molar refractivity (Wildman–Crippen MR) is 57.3 cm³/mol. The van der Waals surface area contributed by atoms with E-state index in [0.29, 0.717) is 6.04 Å². The number of hydrogen-bond acceptors (Lipinski definition) is 3. The molecule has 0 amide bonds. The Balaban J connectivity index is 2.34. The third kappa shape index (κ3) is 3.23. The Morgan fingerprint density at radius 3 is 2.50 bits per heavy atom. The summed E-state index contributed by atoms with van der Waals surface area (Å²) in [7, 11) is 1.72. The van der Waals surface area contributed by atoms with Crippen LogP contribution in [0.1, 0.15) is 39.5 Å². The minimum Gasteiger partial charge on any atom is -0.392 e. The van der Waals surface area contributed by atoms with E-state index in [0.717, 1.165) is 19.3 Å². The highest BCUT2D eigenvalue weighted by Gasteiger charge is 2.25. The molecule has 4 unspecified atom stereocenters. The Bertz CT molecular complexity index is 163. The first-order valence-electron chi connectivity index (χ1n) is 5.62. The number of methoxy groups -OCH3 is 1. The molecule has 1 saturated carbocycles. The van der Waals surface area contributed by atoms with Crippen molar-refractivity contribution in [2.75, 3.05) is 7.11 Å². The Kier molecular flexibility index (Phi) is 4.85. The average Bonchev–Trinajstić information content (AvgIpc) is 2.20. The Labute approximate surface area is 86.8 Å². The second-order valence-electron chi connectivity index (χ2n) is 4.35.